The minimum atomic E-state index is 0.501. The molecule has 2 aliphatic rings. The van der Waals surface area contributed by atoms with Gasteiger partial charge < -0.3 is 15.4 Å². The molecular weight excluding hydrogens is 350 g/mol. The van der Waals surface area contributed by atoms with Crippen molar-refractivity contribution in [1.29, 1.82) is 0 Å². The van der Waals surface area contributed by atoms with E-state index in [1.165, 1.54) is 11.1 Å². The third kappa shape index (κ3) is 5.93. The number of nitrogens with zero attached hydrogens (tertiary/aromatic N) is 3. The van der Waals surface area contributed by atoms with Gasteiger partial charge in [-0.3, -0.25) is 14.8 Å². The lowest BCUT2D eigenvalue weighted by Crippen LogP contribution is -2.53. The Hall–Kier alpha value is -1.63. The van der Waals surface area contributed by atoms with Crippen molar-refractivity contribution in [3.05, 3.63) is 35.4 Å². The van der Waals surface area contributed by atoms with Crippen molar-refractivity contribution in [2.45, 2.75) is 32.9 Å². The van der Waals surface area contributed by atoms with E-state index < -0.39 is 0 Å². The standard InChI is InChI=1S/C22H37N5O/c1-18(2)21(27-12-14-28-15-13-27)16-25-22(23-3)24-9-11-26-10-8-19-6-4-5-7-20(19)17-26/h4-7,18,21H,8-17H2,1-3H3,(H2,23,24,25). The summed E-state index contributed by atoms with van der Waals surface area (Å²) in [4.78, 5) is 9.48. The molecule has 1 atom stereocenters. The van der Waals surface area contributed by atoms with Gasteiger partial charge in [-0.15, -0.1) is 0 Å². The zero-order chi connectivity index (χ0) is 19.8. The van der Waals surface area contributed by atoms with Crippen molar-refractivity contribution in [2.75, 3.05) is 59.5 Å². The molecule has 0 aromatic heterocycles. The molecule has 6 heteroatoms. The average Bonchev–Trinajstić information content (AvgIpc) is 2.73. The van der Waals surface area contributed by atoms with E-state index in [1.54, 1.807) is 0 Å². The fraction of sp³-hybridized carbons (Fsp3) is 0.682. The van der Waals surface area contributed by atoms with E-state index in [4.69, 9.17) is 4.74 Å². The molecule has 2 heterocycles. The van der Waals surface area contributed by atoms with Crippen molar-refractivity contribution >= 4 is 5.96 Å². The van der Waals surface area contributed by atoms with Crippen LogP contribution in [0.1, 0.15) is 25.0 Å². The maximum Gasteiger partial charge on any atom is 0.191 e. The lowest BCUT2D eigenvalue weighted by molar-refractivity contribution is 0.00752. The Kier molecular flexibility index (Phi) is 8.13. The smallest absolute Gasteiger partial charge is 0.191 e. The van der Waals surface area contributed by atoms with Gasteiger partial charge in [0.2, 0.25) is 0 Å². The number of guanidine groups is 1. The summed E-state index contributed by atoms with van der Waals surface area (Å²) < 4.78 is 5.51. The van der Waals surface area contributed by atoms with E-state index in [1.807, 2.05) is 7.05 Å². The van der Waals surface area contributed by atoms with Gasteiger partial charge in [-0.05, 0) is 23.5 Å². The molecule has 1 aromatic rings. The Morgan fingerprint density at radius 3 is 2.57 bits per heavy atom. The fourth-order valence-corrected chi connectivity index (χ4v) is 4.19. The quantitative estimate of drug-likeness (QED) is 0.549. The van der Waals surface area contributed by atoms with Crippen LogP contribution in [0.4, 0.5) is 0 Å². The molecule has 1 aromatic carbocycles. The minimum absolute atomic E-state index is 0.501. The molecule has 0 radical (unpaired) electrons. The van der Waals surface area contributed by atoms with E-state index in [0.29, 0.717) is 12.0 Å². The molecule has 2 N–H and O–H groups in total. The molecule has 1 unspecified atom stereocenters. The van der Waals surface area contributed by atoms with Crippen LogP contribution in [0.2, 0.25) is 0 Å². The molecule has 2 aliphatic heterocycles. The van der Waals surface area contributed by atoms with Crippen LogP contribution in [0.5, 0.6) is 0 Å². The third-order valence-corrected chi connectivity index (χ3v) is 5.92. The molecule has 1 saturated heterocycles. The number of nitrogens with one attached hydrogen (secondary N) is 2. The molecule has 1 fully saturated rings. The van der Waals surface area contributed by atoms with Crippen molar-refractivity contribution in [3.63, 3.8) is 0 Å². The molecule has 0 spiro atoms. The summed E-state index contributed by atoms with van der Waals surface area (Å²) in [7, 11) is 1.85. The van der Waals surface area contributed by atoms with Crippen LogP contribution in [0, 0.1) is 5.92 Å². The van der Waals surface area contributed by atoms with Crippen LogP contribution in [0.3, 0.4) is 0 Å². The molecule has 6 nitrogen and oxygen atoms in total. The number of hydrogen-bond donors (Lipinski definition) is 2. The van der Waals surface area contributed by atoms with Crippen LogP contribution in [-0.2, 0) is 17.7 Å². The second-order valence-corrected chi connectivity index (χ2v) is 8.13. The van der Waals surface area contributed by atoms with E-state index in [9.17, 15) is 0 Å². The van der Waals surface area contributed by atoms with Gasteiger partial charge in [0, 0.05) is 58.9 Å². The summed E-state index contributed by atoms with van der Waals surface area (Å²) in [6, 6.07) is 9.31. The van der Waals surface area contributed by atoms with Gasteiger partial charge >= 0.3 is 0 Å². The highest BCUT2D eigenvalue weighted by Crippen LogP contribution is 2.17. The fourth-order valence-electron chi connectivity index (χ4n) is 4.19. The largest absolute Gasteiger partial charge is 0.379 e. The summed E-state index contributed by atoms with van der Waals surface area (Å²) in [6.45, 7) is 13.4. The maximum atomic E-state index is 5.51. The SMILES string of the molecule is CN=C(NCCN1CCc2ccccc2C1)NCC(C(C)C)N1CCOCC1. The summed E-state index contributed by atoms with van der Waals surface area (Å²) >= 11 is 0. The van der Waals surface area contributed by atoms with E-state index in [0.717, 1.165) is 71.4 Å². The van der Waals surface area contributed by atoms with Crippen molar-refractivity contribution in [3.8, 4) is 0 Å². The Bertz CT molecular complexity index is 627. The Morgan fingerprint density at radius 1 is 1.11 bits per heavy atom. The number of ether oxygens (including phenoxy) is 1. The van der Waals surface area contributed by atoms with E-state index in [-0.39, 0.29) is 0 Å². The summed E-state index contributed by atoms with van der Waals surface area (Å²) in [5.74, 6) is 1.49. The number of aliphatic imine (C=N–C) groups is 1. The van der Waals surface area contributed by atoms with Crippen molar-refractivity contribution < 1.29 is 4.74 Å². The summed E-state index contributed by atoms with van der Waals surface area (Å²) in [5.41, 5.74) is 2.98. The van der Waals surface area contributed by atoms with Crippen LogP contribution >= 0.6 is 0 Å². The molecular formula is C22H37N5O. The lowest BCUT2D eigenvalue weighted by atomic mass is 10.00. The van der Waals surface area contributed by atoms with Crippen LogP contribution in [-0.4, -0.2) is 81.3 Å². The number of morpholine rings is 1. The van der Waals surface area contributed by atoms with Crippen LogP contribution in [0.25, 0.3) is 0 Å². The monoisotopic (exact) mass is 387 g/mol. The Morgan fingerprint density at radius 2 is 1.86 bits per heavy atom. The minimum Gasteiger partial charge on any atom is -0.379 e. The normalized spacial score (nSPS) is 20.1. The molecule has 3 rings (SSSR count). The second-order valence-electron chi connectivity index (χ2n) is 8.13. The zero-order valence-electron chi connectivity index (χ0n) is 17.8. The van der Waals surface area contributed by atoms with E-state index >= 15 is 0 Å². The molecule has 0 bridgehead atoms. The van der Waals surface area contributed by atoms with Crippen molar-refractivity contribution in [2.24, 2.45) is 10.9 Å². The Balaban J connectivity index is 1.41. The number of rotatable bonds is 7. The predicted molar refractivity (Wildman–Crippen MR) is 116 cm³/mol. The number of hydrogen-bond acceptors (Lipinski definition) is 4. The first-order valence-corrected chi connectivity index (χ1v) is 10.7. The van der Waals surface area contributed by atoms with Gasteiger partial charge in [0.15, 0.2) is 5.96 Å². The first kappa shape index (κ1) is 21.1. The van der Waals surface area contributed by atoms with Crippen LogP contribution < -0.4 is 10.6 Å². The second kappa shape index (κ2) is 10.8. The molecule has 0 amide bonds. The summed E-state index contributed by atoms with van der Waals surface area (Å²) in [6.07, 6.45) is 1.15. The van der Waals surface area contributed by atoms with Gasteiger partial charge in [-0.2, -0.15) is 0 Å². The van der Waals surface area contributed by atoms with Crippen molar-refractivity contribution in [1.82, 2.24) is 20.4 Å². The van der Waals surface area contributed by atoms with Gasteiger partial charge in [-0.1, -0.05) is 38.1 Å². The summed E-state index contributed by atoms with van der Waals surface area (Å²) in [5, 5.41) is 7.03. The molecule has 0 aliphatic carbocycles. The highest BCUT2D eigenvalue weighted by Gasteiger charge is 2.24. The first-order chi connectivity index (χ1) is 13.7. The number of benzene rings is 1. The first-order valence-electron chi connectivity index (χ1n) is 10.7. The molecule has 28 heavy (non-hydrogen) atoms. The topological polar surface area (TPSA) is 52.1 Å². The number of fused-ring (bicyclic) bond motifs is 1. The lowest BCUT2D eigenvalue weighted by Gasteiger charge is -2.37. The average molecular weight is 388 g/mol. The predicted octanol–water partition coefficient (Wildman–Crippen LogP) is 1.57. The maximum absolute atomic E-state index is 5.51. The van der Waals surface area contributed by atoms with E-state index in [2.05, 4.69) is 63.5 Å². The van der Waals surface area contributed by atoms with Gasteiger partial charge in [0.25, 0.3) is 0 Å². The third-order valence-electron chi connectivity index (χ3n) is 5.92. The molecule has 156 valence electrons. The van der Waals surface area contributed by atoms with Crippen LogP contribution in [0.15, 0.2) is 29.3 Å². The van der Waals surface area contributed by atoms with Gasteiger partial charge in [0.05, 0.1) is 13.2 Å². The van der Waals surface area contributed by atoms with Gasteiger partial charge in [0.1, 0.15) is 0 Å². The highest BCUT2D eigenvalue weighted by atomic mass is 16.5. The highest BCUT2D eigenvalue weighted by molar-refractivity contribution is 5.79. The Labute approximate surface area is 170 Å². The zero-order valence-corrected chi connectivity index (χ0v) is 17.8. The molecule has 0 saturated carbocycles. The van der Waals surface area contributed by atoms with Gasteiger partial charge in [-0.25, -0.2) is 0 Å².